The zero-order valence-corrected chi connectivity index (χ0v) is 10.3. The van der Waals surface area contributed by atoms with E-state index in [1.165, 1.54) is 18.8 Å². The summed E-state index contributed by atoms with van der Waals surface area (Å²) >= 11 is 0. The molecule has 0 radical (unpaired) electrons. The van der Waals surface area contributed by atoms with Crippen molar-refractivity contribution in [3.63, 3.8) is 0 Å². The van der Waals surface area contributed by atoms with Crippen molar-refractivity contribution in [1.29, 1.82) is 0 Å². The highest BCUT2D eigenvalue weighted by atomic mass is 19.3. The van der Waals surface area contributed by atoms with Crippen molar-refractivity contribution in [1.82, 2.24) is 9.55 Å². The lowest BCUT2D eigenvalue weighted by Gasteiger charge is -2.32. The summed E-state index contributed by atoms with van der Waals surface area (Å²) in [5, 5.41) is 0. The number of nitrogens with zero attached hydrogens (tertiary/aromatic N) is 2. The van der Waals surface area contributed by atoms with Gasteiger partial charge in [-0.2, -0.15) is 8.78 Å². The van der Waals surface area contributed by atoms with Gasteiger partial charge in [0.15, 0.2) is 0 Å². The number of alkyl halides is 2. The molecular weight excluding hydrogens is 240 g/mol. The molecular formula is C12H19F2N3O. The molecule has 1 aromatic rings. The average Bonchev–Trinajstić information content (AvgIpc) is 2.78. The maximum atomic E-state index is 12.6. The minimum Gasteiger partial charge on any atom is -0.372 e. The van der Waals surface area contributed by atoms with E-state index in [0.717, 1.165) is 30.3 Å². The summed E-state index contributed by atoms with van der Waals surface area (Å²) in [4.78, 5) is 3.86. The number of nitrogens with two attached hydrogens (primary N) is 1. The van der Waals surface area contributed by atoms with Crippen molar-refractivity contribution in [3.8, 4) is 0 Å². The summed E-state index contributed by atoms with van der Waals surface area (Å²) in [6.07, 6.45) is 7.93. The van der Waals surface area contributed by atoms with Crippen LogP contribution in [-0.2, 0) is 11.3 Å². The van der Waals surface area contributed by atoms with E-state index in [2.05, 4.69) is 4.98 Å². The van der Waals surface area contributed by atoms with E-state index in [0.29, 0.717) is 6.61 Å². The molecule has 102 valence electrons. The van der Waals surface area contributed by atoms with E-state index in [-0.39, 0.29) is 18.0 Å². The highest BCUT2D eigenvalue weighted by molar-refractivity contribution is 4.92. The number of imidazole rings is 1. The zero-order chi connectivity index (χ0) is 13.0. The number of aromatic nitrogens is 2. The minimum atomic E-state index is -2.58. The quantitative estimate of drug-likeness (QED) is 0.883. The molecule has 0 bridgehead atoms. The van der Waals surface area contributed by atoms with Crippen LogP contribution >= 0.6 is 0 Å². The van der Waals surface area contributed by atoms with E-state index < -0.39 is 6.55 Å². The first-order valence-corrected chi connectivity index (χ1v) is 6.27. The number of rotatable bonds is 5. The van der Waals surface area contributed by atoms with E-state index >= 15 is 0 Å². The number of halogens is 2. The Hall–Kier alpha value is -1.01. The molecule has 18 heavy (non-hydrogen) atoms. The van der Waals surface area contributed by atoms with Gasteiger partial charge in [0, 0.05) is 17.9 Å². The summed E-state index contributed by atoms with van der Waals surface area (Å²) in [5.74, 6) is 0.240. The van der Waals surface area contributed by atoms with Gasteiger partial charge in [0.2, 0.25) is 0 Å². The molecule has 1 aliphatic rings. The van der Waals surface area contributed by atoms with Gasteiger partial charge in [-0.1, -0.05) is 19.3 Å². The summed E-state index contributed by atoms with van der Waals surface area (Å²) in [6.45, 7) is -2.09. The Morgan fingerprint density at radius 1 is 1.39 bits per heavy atom. The molecule has 0 saturated heterocycles. The standard InChI is InChI=1S/C12H19F2N3O/c13-11(14)17-7-6-16-10(17)8-18-9-12(15)4-2-1-3-5-12/h6-7,11H,1-5,8-9,15H2. The number of ether oxygens (including phenoxy) is 1. The molecule has 1 saturated carbocycles. The highest BCUT2D eigenvalue weighted by Crippen LogP contribution is 2.26. The van der Waals surface area contributed by atoms with Crippen LogP contribution in [0.25, 0.3) is 0 Å². The fraction of sp³-hybridized carbons (Fsp3) is 0.750. The van der Waals surface area contributed by atoms with Crippen LogP contribution in [0.3, 0.4) is 0 Å². The van der Waals surface area contributed by atoms with Gasteiger partial charge in [-0.15, -0.1) is 0 Å². The molecule has 1 aromatic heterocycles. The Morgan fingerprint density at radius 2 is 2.11 bits per heavy atom. The fourth-order valence-electron chi connectivity index (χ4n) is 2.38. The van der Waals surface area contributed by atoms with Crippen LogP contribution in [0.4, 0.5) is 8.78 Å². The van der Waals surface area contributed by atoms with Gasteiger partial charge < -0.3 is 10.5 Å². The minimum absolute atomic E-state index is 0.0797. The second kappa shape index (κ2) is 5.75. The topological polar surface area (TPSA) is 53.1 Å². The molecule has 0 amide bonds. The van der Waals surface area contributed by atoms with Crippen molar-refractivity contribution >= 4 is 0 Å². The van der Waals surface area contributed by atoms with Gasteiger partial charge in [-0.05, 0) is 12.8 Å². The van der Waals surface area contributed by atoms with Gasteiger partial charge in [0.1, 0.15) is 12.4 Å². The molecule has 1 fully saturated rings. The zero-order valence-electron chi connectivity index (χ0n) is 10.3. The Bertz CT molecular complexity index is 375. The fourth-order valence-corrected chi connectivity index (χ4v) is 2.38. The predicted octanol–water partition coefficient (Wildman–Crippen LogP) is 2.46. The van der Waals surface area contributed by atoms with Crippen LogP contribution in [0.5, 0.6) is 0 Å². The van der Waals surface area contributed by atoms with Crippen molar-refractivity contribution in [3.05, 3.63) is 18.2 Å². The highest BCUT2D eigenvalue weighted by Gasteiger charge is 2.27. The third kappa shape index (κ3) is 3.26. The SMILES string of the molecule is NC1(COCc2nccn2C(F)F)CCCCC1. The predicted molar refractivity (Wildman–Crippen MR) is 63.1 cm³/mol. The Balaban J connectivity index is 1.82. The lowest BCUT2D eigenvalue weighted by molar-refractivity contribution is 0.0332. The Labute approximate surface area is 105 Å². The van der Waals surface area contributed by atoms with Crippen LogP contribution in [0.15, 0.2) is 12.4 Å². The van der Waals surface area contributed by atoms with Crippen molar-refractivity contribution < 1.29 is 13.5 Å². The van der Waals surface area contributed by atoms with Crippen LogP contribution in [0, 0.1) is 0 Å². The summed E-state index contributed by atoms with van der Waals surface area (Å²) in [6, 6.07) is 0. The van der Waals surface area contributed by atoms with Crippen LogP contribution in [0.2, 0.25) is 0 Å². The second-order valence-corrected chi connectivity index (χ2v) is 4.94. The number of hydrogen-bond donors (Lipinski definition) is 1. The third-order valence-electron chi connectivity index (χ3n) is 3.43. The van der Waals surface area contributed by atoms with E-state index in [1.54, 1.807) is 0 Å². The smallest absolute Gasteiger partial charge is 0.320 e. The van der Waals surface area contributed by atoms with Gasteiger partial charge in [0.25, 0.3) is 0 Å². The second-order valence-electron chi connectivity index (χ2n) is 4.94. The van der Waals surface area contributed by atoms with Crippen LogP contribution in [0.1, 0.15) is 44.5 Å². The number of hydrogen-bond acceptors (Lipinski definition) is 3. The first-order valence-electron chi connectivity index (χ1n) is 6.27. The molecule has 2 N–H and O–H groups in total. The van der Waals surface area contributed by atoms with Crippen molar-refractivity contribution in [2.75, 3.05) is 6.61 Å². The first-order chi connectivity index (χ1) is 8.61. The summed E-state index contributed by atoms with van der Waals surface area (Å²) in [7, 11) is 0. The van der Waals surface area contributed by atoms with E-state index in [4.69, 9.17) is 10.5 Å². The van der Waals surface area contributed by atoms with E-state index in [1.807, 2.05) is 0 Å². The summed E-state index contributed by atoms with van der Waals surface area (Å²) in [5.41, 5.74) is 5.90. The lowest BCUT2D eigenvalue weighted by Crippen LogP contribution is -2.46. The molecule has 6 heteroatoms. The largest absolute Gasteiger partial charge is 0.372 e. The van der Waals surface area contributed by atoms with Crippen molar-refractivity contribution in [2.45, 2.75) is 50.8 Å². The molecule has 0 aromatic carbocycles. The lowest BCUT2D eigenvalue weighted by atomic mass is 9.83. The maximum absolute atomic E-state index is 12.6. The molecule has 1 aliphatic carbocycles. The molecule has 0 spiro atoms. The molecule has 0 unspecified atom stereocenters. The van der Waals surface area contributed by atoms with Gasteiger partial charge in [0.05, 0.1) is 6.61 Å². The Kier molecular flexibility index (Phi) is 4.29. The first kappa shape index (κ1) is 13.4. The molecule has 2 rings (SSSR count). The summed E-state index contributed by atoms with van der Waals surface area (Å²) < 4.78 is 31.4. The third-order valence-corrected chi connectivity index (χ3v) is 3.43. The van der Waals surface area contributed by atoms with Crippen LogP contribution in [-0.4, -0.2) is 21.7 Å². The normalized spacial score (nSPS) is 19.3. The Morgan fingerprint density at radius 3 is 2.78 bits per heavy atom. The monoisotopic (exact) mass is 259 g/mol. The van der Waals surface area contributed by atoms with E-state index in [9.17, 15) is 8.78 Å². The van der Waals surface area contributed by atoms with Crippen LogP contribution < -0.4 is 5.73 Å². The molecule has 0 atom stereocenters. The molecule has 4 nitrogen and oxygen atoms in total. The van der Waals surface area contributed by atoms with Gasteiger partial charge in [-0.25, -0.2) is 4.98 Å². The maximum Gasteiger partial charge on any atom is 0.320 e. The molecule has 1 heterocycles. The van der Waals surface area contributed by atoms with Gasteiger partial charge >= 0.3 is 6.55 Å². The van der Waals surface area contributed by atoms with Crippen molar-refractivity contribution in [2.24, 2.45) is 5.73 Å². The van der Waals surface area contributed by atoms with Gasteiger partial charge in [-0.3, -0.25) is 4.57 Å². The molecule has 0 aliphatic heterocycles. The average molecular weight is 259 g/mol.